The summed E-state index contributed by atoms with van der Waals surface area (Å²) in [5.41, 5.74) is 0.295. The van der Waals surface area contributed by atoms with E-state index in [-0.39, 0.29) is 63.7 Å². The van der Waals surface area contributed by atoms with Crippen LogP contribution in [0.15, 0.2) is 30.9 Å². The summed E-state index contributed by atoms with van der Waals surface area (Å²) in [6, 6.07) is 0.981. The molecule has 0 aromatic carbocycles. The van der Waals surface area contributed by atoms with E-state index >= 15 is 0 Å². The average molecular weight is 624 g/mol. The van der Waals surface area contributed by atoms with E-state index in [1.807, 2.05) is 0 Å². The molecule has 2 aliphatic rings. The van der Waals surface area contributed by atoms with Crippen molar-refractivity contribution in [1.82, 2.24) is 39.7 Å². The van der Waals surface area contributed by atoms with Crippen molar-refractivity contribution in [3.05, 3.63) is 53.6 Å². The summed E-state index contributed by atoms with van der Waals surface area (Å²) in [6.45, 7) is 1.31. The second kappa shape index (κ2) is 9.96. The number of H-pyrrole nitrogens is 1. The number of nitrogens with two attached hydrogens (primary N) is 1. The van der Waals surface area contributed by atoms with E-state index in [0.717, 1.165) is 16.8 Å². The third kappa shape index (κ3) is 4.37. The number of aromatic nitrogens is 7. The van der Waals surface area contributed by atoms with Gasteiger partial charge in [0, 0.05) is 35.3 Å². The van der Waals surface area contributed by atoms with Gasteiger partial charge in [0.15, 0.2) is 11.4 Å². The second-order valence-corrected chi connectivity index (χ2v) is 10.8. The molecule has 2 fully saturated rings. The number of piperidine rings is 1. The number of halogens is 6. The first-order chi connectivity index (χ1) is 20.6. The Labute approximate surface area is 243 Å². The molecule has 12 nitrogen and oxygen atoms in total. The number of hydrogen-bond donors (Lipinski definition) is 3. The van der Waals surface area contributed by atoms with Gasteiger partial charge in [-0.25, -0.2) is 4.98 Å². The molecule has 18 heteroatoms. The van der Waals surface area contributed by atoms with Crippen molar-refractivity contribution in [2.75, 3.05) is 5.73 Å². The van der Waals surface area contributed by atoms with E-state index < -0.39 is 23.6 Å². The average Bonchev–Trinajstić information content (AvgIpc) is 3.69. The molecular weight excluding hydrogens is 600 g/mol. The highest BCUT2D eigenvalue weighted by atomic mass is 19.4. The second-order valence-electron chi connectivity index (χ2n) is 10.8. The zero-order valence-electron chi connectivity index (χ0n) is 22.7. The lowest BCUT2D eigenvalue weighted by Crippen LogP contribution is -2.54. The topological polar surface area (TPSA) is 168 Å². The maximum atomic E-state index is 13.3. The van der Waals surface area contributed by atoms with Gasteiger partial charge in [-0.3, -0.25) is 14.6 Å². The van der Waals surface area contributed by atoms with Crippen LogP contribution in [0.4, 0.5) is 32.2 Å². The molecule has 0 aliphatic carbocycles. The van der Waals surface area contributed by atoms with Crippen LogP contribution in [0.2, 0.25) is 0 Å². The zero-order valence-corrected chi connectivity index (χ0v) is 22.7. The molecule has 4 aromatic rings. The Morgan fingerprint density at radius 2 is 1.70 bits per heavy atom. The summed E-state index contributed by atoms with van der Waals surface area (Å²) < 4.78 is 81.1. The predicted molar refractivity (Wildman–Crippen MR) is 138 cm³/mol. The Bertz CT molecular complexity index is 1720. The van der Waals surface area contributed by atoms with Crippen LogP contribution >= 0.6 is 0 Å². The first kappa shape index (κ1) is 29.5. The first-order valence-electron chi connectivity index (χ1n) is 13.3. The first-order valence-corrected chi connectivity index (χ1v) is 13.3. The molecule has 2 saturated heterocycles. The van der Waals surface area contributed by atoms with Gasteiger partial charge >= 0.3 is 12.4 Å². The summed E-state index contributed by atoms with van der Waals surface area (Å²) >= 11 is 0. The Hall–Kier alpha value is -4.61. The van der Waals surface area contributed by atoms with Crippen molar-refractivity contribution >= 4 is 23.2 Å². The molecule has 2 aliphatic heterocycles. The number of nitrogens with zero attached hydrogens (tertiary/aromatic N) is 7. The lowest BCUT2D eigenvalue weighted by atomic mass is 9.85. The number of hydrogen-bond acceptors (Lipinski definition) is 9. The number of nitrogens with one attached hydrogen (secondary N) is 1. The molecule has 4 aromatic heterocycles. The number of alkyl halides is 6. The summed E-state index contributed by atoms with van der Waals surface area (Å²) in [7, 11) is 0. The van der Waals surface area contributed by atoms with Gasteiger partial charge in [0.1, 0.15) is 12.1 Å². The number of ketones is 1. The fraction of sp³-hybridized carbons (Fsp3) is 0.423. The van der Waals surface area contributed by atoms with E-state index in [2.05, 4.69) is 25.3 Å². The Balaban J connectivity index is 1.39. The molecule has 4 N–H and O–H groups in total. The van der Waals surface area contributed by atoms with Gasteiger partial charge in [-0.2, -0.15) is 36.0 Å². The Morgan fingerprint density at radius 1 is 1.05 bits per heavy atom. The fourth-order valence-corrected chi connectivity index (χ4v) is 6.28. The van der Waals surface area contributed by atoms with E-state index in [4.69, 9.17) is 10.7 Å². The number of nitrogen functional groups attached to an aromatic ring is 1. The van der Waals surface area contributed by atoms with Crippen LogP contribution in [0.3, 0.4) is 0 Å². The number of amides is 1. The van der Waals surface area contributed by atoms with Crippen molar-refractivity contribution in [2.45, 2.75) is 68.6 Å². The van der Waals surface area contributed by atoms with Crippen LogP contribution in [-0.4, -0.2) is 80.9 Å². The number of aromatic amines is 1. The quantitative estimate of drug-likeness (QED) is 0.222. The van der Waals surface area contributed by atoms with Gasteiger partial charge in [0.05, 0.1) is 23.1 Å². The van der Waals surface area contributed by atoms with Crippen molar-refractivity contribution in [1.29, 1.82) is 0 Å². The number of fused-ring (bicyclic) bond motifs is 3. The molecule has 44 heavy (non-hydrogen) atoms. The molecule has 0 unspecified atom stereocenters. The van der Waals surface area contributed by atoms with Crippen LogP contribution in [-0.2, 0) is 5.60 Å². The number of pyridine rings is 1. The third-order valence-electron chi connectivity index (χ3n) is 8.30. The minimum Gasteiger partial charge on any atom is -0.383 e. The van der Waals surface area contributed by atoms with Crippen molar-refractivity contribution in [2.24, 2.45) is 0 Å². The zero-order chi connectivity index (χ0) is 31.8. The molecular formula is C26H23F6N9O3. The van der Waals surface area contributed by atoms with E-state index in [9.17, 15) is 41.0 Å². The van der Waals surface area contributed by atoms with Crippen LogP contribution < -0.4 is 5.73 Å². The van der Waals surface area contributed by atoms with Crippen molar-refractivity contribution < 1.29 is 41.0 Å². The number of carbonyl (C=O) groups is 2. The number of carbonyl (C=O) groups excluding carboxylic acids is 2. The highest BCUT2D eigenvalue weighted by Gasteiger charge is 2.72. The Morgan fingerprint density at radius 3 is 2.23 bits per heavy atom. The molecule has 1 amide bonds. The molecule has 6 heterocycles. The number of Topliss-reactive ketones (excluding diaryl/α,β-unsaturated/α-hetero) is 1. The fourth-order valence-electron chi connectivity index (χ4n) is 6.28. The number of rotatable bonds is 5. The molecule has 232 valence electrons. The van der Waals surface area contributed by atoms with Crippen LogP contribution in [0.5, 0.6) is 0 Å². The molecule has 0 spiro atoms. The van der Waals surface area contributed by atoms with Gasteiger partial charge in [-0.15, -0.1) is 10.2 Å². The highest BCUT2D eigenvalue weighted by molar-refractivity contribution is 6.00. The van der Waals surface area contributed by atoms with Crippen molar-refractivity contribution in [3.8, 4) is 11.1 Å². The van der Waals surface area contributed by atoms with Crippen LogP contribution in [0.25, 0.3) is 16.8 Å². The van der Waals surface area contributed by atoms with Gasteiger partial charge in [-0.1, -0.05) is 6.07 Å². The van der Waals surface area contributed by atoms with Gasteiger partial charge in [-0.05, 0) is 38.7 Å². The maximum Gasteiger partial charge on any atom is 0.432 e. The van der Waals surface area contributed by atoms with Gasteiger partial charge in [0.25, 0.3) is 11.5 Å². The van der Waals surface area contributed by atoms with Crippen LogP contribution in [0.1, 0.15) is 70.9 Å². The monoisotopic (exact) mass is 623 g/mol. The number of anilines is 1. The lowest BCUT2D eigenvalue weighted by molar-refractivity contribution is -0.377. The summed E-state index contributed by atoms with van der Waals surface area (Å²) in [4.78, 5) is 38.4. The van der Waals surface area contributed by atoms with E-state index in [0.29, 0.717) is 37.4 Å². The normalized spacial score (nSPS) is 20.8. The largest absolute Gasteiger partial charge is 0.432 e. The van der Waals surface area contributed by atoms with E-state index in [1.165, 1.54) is 19.4 Å². The molecule has 2 bridgehead atoms. The standard InChI is InChI=1S/C26H23F6N9O3/c1-11(42)18-19(13-6-14-3-4-15(7-13)40(14)23(43)21-35-10-36-39-21)38-22-16(9-37-41(22)20(18)33)12-2-5-17(34-8-12)24(44,25(27,28)29)26(30,31)32/h2,5,8-10,13-15,44H,3-4,6-7,33H2,1H3,(H,35,36,39)/t13-,14-,15+. The molecule has 0 radical (unpaired) electrons. The molecule has 0 saturated carbocycles. The molecule has 6 rings (SSSR count). The SMILES string of the molecule is CC(=O)c1c([C@@H]2C[C@H]3CC[C@@H](C2)N3C(=O)c2nnc[nH]2)nc2c(-c3ccc(C(O)(C(F)(F)F)C(F)(F)F)nc3)cnn2c1N. The van der Waals surface area contributed by atoms with Gasteiger partial charge < -0.3 is 20.7 Å². The minimum absolute atomic E-state index is 0.0383. The number of aliphatic hydroxyl groups is 1. The maximum absolute atomic E-state index is 13.3. The summed E-state index contributed by atoms with van der Waals surface area (Å²) in [6.07, 6.45) is -6.57. The van der Waals surface area contributed by atoms with Crippen molar-refractivity contribution in [3.63, 3.8) is 0 Å². The summed E-state index contributed by atoms with van der Waals surface area (Å²) in [5, 5.41) is 21.3. The summed E-state index contributed by atoms with van der Waals surface area (Å²) in [5.74, 6) is -0.930. The predicted octanol–water partition coefficient (Wildman–Crippen LogP) is 3.56. The molecule has 3 atom stereocenters. The third-order valence-corrected chi connectivity index (χ3v) is 8.30. The minimum atomic E-state index is -6.09. The lowest BCUT2D eigenvalue weighted by Gasteiger charge is -2.38. The van der Waals surface area contributed by atoms with Crippen LogP contribution in [0, 0.1) is 0 Å². The highest BCUT2D eigenvalue weighted by Crippen LogP contribution is 2.50. The smallest absolute Gasteiger partial charge is 0.383 e. The Kier molecular flexibility index (Phi) is 6.67. The van der Waals surface area contributed by atoms with Gasteiger partial charge in [0.2, 0.25) is 5.82 Å². The van der Waals surface area contributed by atoms with E-state index in [1.54, 1.807) is 4.90 Å².